The third kappa shape index (κ3) is 4.16. The van der Waals surface area contributed by atoms with Crippen LogP contribution in [0.2, 0.25) is 0 Å². The number of carbonyl (C=O) groups excluding carboxylic acids is 1. The monoisotopic (exact) mass is 271 g/mol. The third-order valence-electron chi connectivity index (χ3n) is 2.92. The molecule has 2 heterocycles. The summed E-state index contributed by atoms with van der Waals surface area (Å²) in [7, 11) is 0. The van der Waals surface area contributed by atoms with Crippen LogP contribution in [0.4, 0.5) is 0 Å². The first-order chi connectivity index (χ1) is 8.25. The SMILES string of the molecule is Cl.O=C(Cn1ccccc1=O)NCC1CCCN1. The Morgan fingerprint density at radius 2 is 2.33 bits per heavy atom. The molecule has 1 aromatic heterocycles. The lowest BCUT2D eigenvalue weighted by molar-refractivity contribution is -0.121. The van der Waals surface area contributed by atoms with Crippen LogP contribution in [0, 0.1) is 0 Å². The van der Waals surface area contributed by atoms with Gasteiger partial charge in [-0.3, -0.25) is 9.59 Å². The van der Waals surface area contributed by atoms with E-state index in [1.807, 2.05) is 0 Å². The molecule has 2 rings (SSSR count). The Bertz CT molecular complexity index is 441. The number of pyridine rings is 1. The number of nitrogens with one attached hydrogen (secondary N) is 2. The Hall–Kier alpha value is -1.33. The Morgan fingerprint density at radius 1 is 1.50 bits per heavy atom. The Labute approximate surface area is 112 Å². The summed E-state index contributed by atoms with van der Waals surface area (Å²) >= 11 is 0. The molecule has 1 atom stereocenters. The van der Waals surface area contributed by atoms with Gasteiger partial charge >= 0.3 is 0 Å². The van der Waals surface area contributed by atoms with Gasteiger partial charge in [0.25, 0.3) is 5.56 Å². The molecule has 1 unspecified atom stereocenters. The molecule has 0 spiro atoms. The number of carbonyl (C=O) groups is 1. The minimum atomic E-state index is -0.151. The molecule has 0 aromatic carbocycles. The fourth-order valence-electron chi connectivity index (χ4n) is 1.97. The van der Waals surface area contributed by atoms with E-state index < -0.39 is 0 Å². The molecule has 1 fully saturated rings. The van der Waals surface area contributed by atoms with Gasteiger partial charge in [0.15, 0.2) is 0 Å². The summed E-state index contributed by atoms with van der Waals surface area (Å²) in [6.07, 6.45) is 3.89. The second kappa shape index (κ2) is 7.18. The zero-order valence-electron chi connectivity index (χ0n) is 10.1. The van der Waals surface area contributed by atoms with E-state index >= 15 is 0 Å². The van der Waals surface area contributed by atoms with E-state index in [0.717, 1.165) is 13.0 Å². The van der Waals surface area contributed by atoms with Crippen molar-refractivity contribution in [2.45, 2.75) is 25.4 Å². The molecule has 1 saturated heterocycles. The zero-order chi connectivity index (χ0) is 12.1. The van der Waals surface area contributed by atoms with E-state index in [0.29, 0.717) is 12.6 Å². The molecule has 0 aliphatic carbocycles. The highest BCUT2D eigenvalue weighted by Gasteiger charge is 2.14. The topological polar surface area (TPSA) is 63.1 Å². The van der Waals surface area contributed by atoms with Gasteiger partial charge in [-0.1, -0.05) is 6.07 Å². The van der Waals surface area contributed by atoms with Crippen molar-refractivity contribution in [1.29, 1.82) is 0 Å². The summed E-state index contributed by atoms with van der Waals surface area (Å²) < 4.78 is 1.40. The van der Waals surface area contributed by atoms with Crippen LogP contribution >= 0.6 is 12.4 Å². The Balaban J connectivity index is 0.00000162. The van der Waals surface area contributed by atoms with Gasteiger partial charge in [0.1, 0.15) is 6.54 Å². The highest BCUT2D eigenvalue weighted by Crippen LogP contribution is 2.02. The number of nitrogens with zero attached hydrogens (tertiary/aromatic N) is 1. The summed E-state index contributed by atoms with van der Waals surface area (Å²) in [4.78, 5) is 23.0. The molecule has 2 N–H and O–H groups in total. The first-order valence-electron chi connectivity index (χ1n) is 5.91. The highest BCUT2D eigenvalue weighted by molar-refractivity contribution is 5.85. The molecular weight excluding hydrogens is 254 g/mol. The summed E-state index contributed by atoms with van der Waals surface area (Å²) in [5.74, 6) is -0.119. The Morgan fingerprint density at radius 3 is 3.00 bits per heavy atom. The van der Waals surface area contributed by atoms with Crippen molar-refractivity contribution in [3.8, 4) is 0 Å². The largest absolute Gasteiger partial charge is 0.353 e. The quantitative estimate of drug-likeness (QED) is 0.819. The lowest BCUT2D eigenvalue weighted by atomic mass is 10.2. The van der Waals surface area contributed by atoms with Crippen molar-refractivity contribution in [2.24, 2.45) is 0 Å². The first-order valence-corrected chi connectivity index (χ1v) is 5.91. The number of amides is 1. The number of halogens is 1. The highest BCUT2D eigenvalue weighted by atomic mass is 35.5. The molecule has 1 aliphatic heterocycles. The lowest BCUT2D eigenvalue weighted by Gasteiger charge is -2.11. The van der Waals surface area contributed by atoms with Gasteiger partial charge in [-0.25, -0.2) is 0 Å². The van der Waals surface area contributed by atoms with Crippen molar-refractivity contribution in [3.05, 3.63) is 34.7 Å². The molecule has 5 nitrogen and oxygen atoms in total. The van der Waals surface area contributed by atoms with Crippen LogP contribution in [0.15, 0.2) is 29.2 Å². The normalized spacial score (nSPS) is 18.1. The average molecular weight is 272 g/mol. The standard InChI is InChI=1S/C12H17N3O2.ClH/c16-11(14-8-10-4-3-6-13-10)9-15-7-2-1-5-12(15)17;/h1-2,5,7,10,13H,3-4,6,8-9H2,(H,14,16);1H. The molecule has 0 saturated carbocycles. The minimum Gasteiger partial charge on any atom is -0.353 e. The van der Waals surface area contributed by atoms with Crippen molar-refractivity contribution >= 4 is 18.3 Å². The second-order valence-electron chi connectivity index (χ2n) is 4.26. The van der Waals surface area contributed by atoms with E-state index in [4.69, 9.17) is 0 Å². The zero-order valence-corrected chi connectivity index (χ0v) is 10.9. The van der Waals surface area contributed by atoms with Crippen molar-refractivity contribution < 1.29 is 4.79 Å². The minimum absolute atomic E-state index is 0. The van der Waals surface area contributed by atoms with Gasteiger partial charge in [-0.15, -0.1) is 12.4 Å². The molecule has 1 amide bonds. The van der Waals surface area contributed by atoms with Crippen LogP contribution in [0.25, 0.3) is 0 Å². The summed E-state index contributed by atoms with van der Waals surface area (Å²) in [5.41, 5.74) is -0.151. The van der Waals surface area contributed by atoms with Crippen LogP contribution in [0.3, 0.4) is 0 Å². The summed E-state index contributed by atoms with van der Waals surface area (Å²) in [6, 6.07) is 5.24. The predicted octanol–water partition coefficient (Wildman–Crippen LogP) is 0.138. The van der Waals surface area contributed by atoms with Crippen LogP contribution in [0.1, 0.15) is 12.8 Å². The number of hydrogen-bond donors (Lipinski definition) is 2. The molecule has 1 aromatic rings. The molecule has 0 bridgehead atoms. The lowest BCUT2D eigenvalue weighted by Crippen LogP contribution is -2.39. The van der Waals surface area contributed by atoms with E-state index in [9.17, 15) is 9.59 Å². The molecular formula is C12H18ClN3O2. The van der Waals surface area contributed by atoms with E-state index in [-0.39, 0.29) is 30.4 Å². The number of aromatic nitrogens is 1. The maximum Gasteiger partial charge on any atom is 0.250 e. The molecule has 0 radical (unpaired) electrons. The molecule has 1 aliphatic rings. The van der Waals surface area contributed by atoms with Crippen LogP contribution < -0.4 is 16.2 Å². The van der Waals surface area contributed by atoms with Crippen LogP contribution in [0.5, 0.6) is 0 Å². The van der Waals surface area contributed by atoms with Crippen molar-refractivity contribution in [1.82, 2.24) is 15.2 Å². The van der Waals surface area contributed by atoms with Crippen molar-refractivity contribution in [3.63, 3.8) is 0 Å². The maximum absolute atomic E-state index is 11.6. The van der Waals surface area contributed by atoms with E-state index in [1.54, 1.807) is 18.3 Å². The first kappa shape index (κ1) is 14.7. The van der Waals surface area contributed by atoms with Gasteiger partial charge in [0, 0.05) is 24.8 Å². The van der Waals surface area contributed by atoms with Crippen molar-refractivity contribution in [2.75, 3.05) is 13.1 Å². The Kier molecular flexibility index (Phi) is 5.88. The van der Waals surface area contributed by atoms with Crippen LogP contribution in [-0.2, 0) is 11.3 Å². The summed E-state index contributed by atoms with van der Waals surface area (Å²) in [5, 5.41) is 6.14. The fraction of sp³-hybridized carbons (Fsp3) is 0.500. The van der Waals surface area contributed by atoms with E-state index in [2.05, 4.69) is 10.6 Å². The van der Waals surface area contributed by atoms with Gasteiger partial charge in [-0.2, -0.15) is 0 Å². The molecule has 18 heavy (non-hydrogen) atoms. The van der Waals surface area contributed by atoms with Gasteiger partial charge < -0.3 is 15.2 Å². The summed E-state index contributed by atoms with van der Waals surface area (Å²) in [6.45, 7) is 1.76. The smallest absolute Gasteiger partial charge is 0.250 e. The third-order valence-corrected chi connectivity index (χ3v) is 2.92. The predicted molar refractivity (Wildman–Crippen MR) is 72.0 cm³/mol. The van der Waals surface area contributed by atoms with Gasteiger partial charge in [-0.05, 0) is 25.5 Å². The molecule has 100 valence electrons. The average Bonchev–Trinajstić information content (AvgIpc) is 2.82. The number of hydrogen-bond acceptors (Lipinski definition) is 3. The van der Waals surface area contributed by atoms with E-state index in [1.165, 1.54) is 17.1 Å². The molecule has 6 heteroatoms. The second-order valence-corrected chi connectivity index (χ2v) is 4.26. The van der Waals surface area contributed by atoms with Gasteiger partial charge in [0.2, 0.25) is 5.91 Å². The number of rotatable bonds is 4. The fourth-order valence-corrected chi connectivity index (χ4v) is 1.97. The maximum atomic E-state index is 11.6. The van der Waals surface area contributed by atoms with Crippen LogP contribution in [-0.4, -0.2) is 29.6 Å². The van der Waals surface area contributed by atoms with Gasteiger partial charge in [0.05, 0.1) is 0 Å².